The summed E-state index contributed by atoms with van der Waals surface area (Å²) in [7, 11) is 0. The Morgan fingerprint density at radius 3 is 2.53 bits per heavy atom. The van der Waals surface area contributed by atoms with Crippen molar-refractivity contribution in [1.82, 2.24) is 15.0 Å². The maximum Gasteiger partial charge on any atom is 0.213 e. The molecule has 0 aliphatic heterocycles. The van der Waals surface area contributed by atoms with E-state index in [1.807, 2.05) is 26.8 Å². The van der Waals surface area contributed by atoms with Gasteiger partial charge in [0.25, 0.3) is 0 Å². The van der Waals surface area contributed by atoms with Crippen LogP contribution in [0.5, 0.6) is 0 Å². The average Bonchev–Trinajstić information content (AvgIpc) is 2.84. The second-order valence-corrected chi connectivity index (χ2v) is 4.14. The number of oxazole rings is 1. The SMILES string of the molecule is CCNc1cc(NCc2ncc(CC)o2)nc(C)n1. The van der Waals surface area contributed by atoms with Crippen LogP contribution in [0.3, 0.4) is 0 Å². The third-order valence-corrected chi connectivity index (χ3v) is 2.57. The average molecular weight is 261 g/mol. The van der Waals surface area contributed by atoms with Crippen LogP contribution in [0.15, 0.2) is 16.7 Å². The second kappa shape index (κ2) is 6.17. The van der Waals surface area contributed by atoms with Crippen LogP contribution in [0.4, 0.5) is 11.6 Å². The molecule has 0 aliphatic carbocycles. The maximum absolute atomic E-state index is 5.53. The highest BCUT2D eigenvalue weighted by atomic mass is 16.4. The van der Waals surface area contributed by atoms with Gasteiger partial charge in [-0.05, 0) is 13.8 Å². The van der Waals surface area contributed by atoms with E-state index in [0.29, 0.717) is 12.4 Å². The molecule has 2 rings (SSSR count). The molecule has 2 aromatic rings. The van der Waals surface area contributed by atoms with Gasteiger partial charge >= 0.3 is 0 Å². The molecule has 0 unspecified atom stereocenters. The van der Waals surface area contributed by atoms with Gasteiger partial charge in [-0.3, -0.25) is 0 Å². The number of nitrogens with zero attached hydrogens (tertiary/aromatic N) is 3. The first kappa shape index (κ1) is 13.3. The molecule has 0 radical (unpaired) electrons. The zero-order chi connectivity index (χ0) is 13.7. The topological polar surface area (TPSA) is 75.9 Å². The number of hydrogen-bond acceptors (Lipinski definition) is 6. The Morgan fingerprint density at radius 1 is 1.16 bits per heavy atom. The van der Waals surface area contributed by atoms with E-state index in [2.05, 4.69) is 25.6 Å². The minimum absolute atomic E-state index is 0.516. The van der Waals surface area contributed by atoms with E-state index in [0.717, 1.165) is 36.2 Å². The predicted molar refractivity (Wildman–Crippen MR) is 74.1 cm³/mol. The molecule has 102 valence electrons. The first-order chi connectivity index (χ1) is 9.21. The molecule has 0 atom stereocenters. The highest BCUT2D eigenvalue weighted by Crippen LogP contribution is 2.12. The van der Waals surface area contributed by atoms with Crippen molar-refractivity contribution < 1.29 is 4.42 Å². The molecular weight excluding hydrogens is 242 g/mol. The van der Waals surface area contributed by atoms with Crippen molar-refractivity contribution in [3.8, 4) is 0 Å². The van der Waals surface area contributed by atoms with Gasteiger partial charge in [-0.15, -0.1) is 0 Å². The minimum atomic E-state index is 0.516. The molecule has 0 spiro atoms. The van der Waals surface area contributed by atoms with Gasteiger partial charge in [0.05, 0.1) is 12.7 Å². The summed E-state index contributed by atoms with van der Waals surface area (Å²) in [5, 5.41) is 6.36. The van der Waals surface area contributed by atoms with Crippen molar-refractivity contribution in [2.75, 3.05) is 17.2 Å². The highest BCUT2D eigenvalue weighted by Gasteiger charge is 2.04. The Hall–Kier alpha value is -2.11. The van der Waals surface area contributed by atoms with Crippen LogP contribution in [0.1, 0.15) is 31.3 Å². The molecule has 6 nitrogen and oxygen atoms in total. The molecule has 0 bridgehead atoms. The number of aromatic nitrogens is 3. The minimum Gasteiger partial charge on any atom is -0.444 e. The lowest BCUT2D eigenvalue weighted by Gasteiger charge is -2.07. The zero-order valence-electron chi connectivity index (χ0n) is 11.5. The summed E-state index contributed by atoms with van der Waals surface area (Å²) in [6, 6.07) is 1.88. The third kappa shape index (κ3) is 3.67. The standard InChI is InChI=1S/C13H19N5O/c1-4-10-7-16-13(19-10)8-15-12-6-11(14-5-2)17-9(3)18-12/h6-7H,4-5,8H2,1-3H3,(H2,14,15,17,18). The van der Waals surface area contributed by atoms with Gasteiger partial charge in [-0.1, -0.05) is 6.92 Å². The highest BCUT2D eigenvalue weighted by molar-refractivity contribution is 5.47. The van der Waals surface area contributed by atoms with Gasteiger partial charge in [0.15, 0.2) is 0 Å². The van der Waals surface area contributed by atoms with Crippen LogP contribution in [0, 0.1) is 6.92 Å². The van der Waals surface area contributed by atoms with Crippen LogP contribution in [0.25, 0.3) is 0 Å². The zero-order valence-corrected chi connectivity index (χ0v) is 11.5. The van der Waals surface area contributed by atoms with Crippen LogP contribution in [0.2, 0.25) is 0 Å². The molecule has 0 saturated carbocycles. The molecule has 2 heterocycles. The van der Waals surface area contributed by atoms with Crippen molar-refractivity contribution in [2.45, 2.75) is 33.7 Å². The summed E-state index contributed by atoms with van der Waals surface area (Å²) in [4.78, 5) is 12.8. The van der Waals surface area contributed by atoms with E-state index in [4.69, 9.17) is 4.42 Å². The Morgan fingerprint density at radius 2 is 1.89 bits per heavy atom. The van der Waals surface area contributed by atoms with E-state index in [1.165, 1.54) is 0 Å². The lowest BCUT2D eigenvalue weighted by atomic mass is 10.4. The number of nitrogens with one attached hydrogen (secondary N) is 2. The number of aryl methyl sites for hydroxylation is 2. The maximum atomic E-state index is 5.53. The van der Waals surface area contributed by atoms with Gasteiger partial charge in [-0.25, -0.2) is 15.0 Å². The van der Waals surface area contributed by atoms with Crippen molar-refractivity contribution in [1.29, 1.82) is 0 Å². The van der Waals surface area contributed by atoms with Gasteiger partial charge in [0.2, 0.25) is 5.89 Å². The van der Waals surface area contributed by atoms with E-state index in [9.17, 15) is 0 Å². The van der Waals surface area contributed by atoms with Crippen LogP contribution in [-0.2, 0) is 13.0 Å². The fourth-order valence-electron chi connectivity index (χ4n) is 1.69. The monoisotopic (exact) mass is 261 g/mol. The molecule has 0 saturated heterocycles. The quantitative estimate of drug-likeness (QED) is 0.831. The van der Waals surface area contributed by atoms with E-state index in [-0.39, 0.29) is 0 Å². The normalized spacial score (nSPS) is 10.5. The number of anilines is 2. The molecule has 2 N–H and O–H groups in total. The first-order valence-corrected chi connectivity index (χ1v) is 6.48. The summed E-state index contributed by atoms with van der Waals surface area (Å²) in [5.74, 6) is 3.86. The van der Waals surface area contributed by atoms with Crippen LogP contribution >= 0.6 is 0 Å². The summed E-state index contributed by atoms with van der Waals surface area (Å²) >= 11 is 0. The summed E-state index contributed by atoms with van der Waals surface area (Å²) < 4.78 is 5.53. The Labute approximate surface area is 112 Å². The first-order valence-electron chi connectivity index (χ1n) is 6.48. The Balaban J connectivity index is 2.02. The largest absolute Gasteiger partial charge is 0.444 e. The molecule has 6 heteroatoms. The molecule has 0 aliphatic rings. The third-order valence-electron chi connectivity index (χ3n) is 2.57. The lowest BCUT2D eigenvalue weighted by Crippen LogP contribution is -2.06. The summed E-state index contributed by atoms with van der Waals surface area (Å²) in [6.07, 6.45) is 2.61. The Bertz CT molecular complexity index is 538. The van der Waals surface area contributed by atoms with Crippen molar-refractivity contribution >= 4 is 11.6 Å². The van der Waals surface area contributed by atoms with Gasteiger partial charge in [-0.2, -0.15) is 0 Å². The van der Waals surface area contributed by atoms with E-state index < -0.39 is 0 Å². The predicted octanol–water partition coefficient (Wildman–Crippen LogP) is 2.38. The van der Waals surface area contributed by atoms with Crippen molar-refractivity contribution in [3.63, 3.8) is 0 Å². The molecule has 19 heavy (non-hydrogen) atoms. The van der Waals surface area contributed by atoms with E-state index in [1.54, 1.807) is 6.20 Å². The van der Waals surface area contributed by atoms with Crippen LogP contribution < -0.4 is 10.6 Å². The van der Waals surface area contributed by atoms with Crippen molar-refractivity contribution in [3.05, 3.63) is 29.7 Å². The summed E-state index contributed by atoms with van der Waals surface area (Å²) in [5.41, 5.74) is 0. The number of rotatable bonds is 6. The fraction of sp³-hybridized carbons (Fsp3) is 0.462. The lowest BCUT2D eigenvalue weighted by molar-refractivity contribution is 0.465. The molecule has 0 aromatic carbocycles. The second-order valence-electron chi connectivity index (χ2n) is 4.14. The molecule has 0 amide bonds. The van der Waals surface area contributed by atoms with Crippen LogP contribution in [-0.4, -0.2) is 21.5 Å². The summed E-state index contributed by atoms with van der Waals surface area (Å²) in [6.45, 7) is 7.28. The smallest absolute Gasteiger partial charge is 0.213 e. The fourth-order valence-corrected chi connectivity index (χ4v) is 1.69. The molecule has 2 aromatic heterocycles. The van der Waals surface area contributed by atoms with Gasteiger partial charge in [0, 0.05) is 19.0 Å². The number of hydrogen-bond donors (Lipinski definition) is 2. The molecular formula is C13H19N5O. The molecule has 0 fully saturated rings. The van der Waals surface area contributed by atoms with E-state index >= 15 is 0 Å². The van der Waals surface area contributed by atoms with Crippen molar-refractivity contribution in [2.24, 2.45) is 0 Å². The Kier molecular flexibility index (Phi) is 4.33. The van der Waals surface area contributed by atoms with Gasteiger partial charge in [0.1, 0.15) is 23.2 Å². The van der Waals surface area contributed by atoms with Gasteiger partial charge < -0.3 is 15.1 Å².